The fourth-order valence-electron chi connectivity index (χ4n) is 7.73. The van der Waals surface area contributed by atoms with E-state index < -0.39 is 59.8 Å². The van der Waals surface area contributed by atoms with Crippen molar-refractivity contribution in [3.8, 4) is 0 Å². The Balaban J connectivity index is 1.65. The summed E-state index contributed by atoms with van der Waals surface area (Å²) < 4.78 is 12.2. The van der Waals surface area contributed by atoms with Gasteiger partial charge in [-0.05, 0) is 93.9 Å². The summed E-state index contributed by atoms with van der Waals surface area (Å²) >= 11 is 1.47. The zero-order chi connectivity index (χ0) is 41.2. The second-order valence-corrected chi connectivity index (χ2v) is 17.6. The van der Waals surface area contributed by atoms with Crippen LogP contribution in [0.1, 0.15) is 109 Å². The fourth-order valence-corrected chi connectivity index (χ4v) is 8.75. The zero-order valence-corrected chi connectivity index (χ0v) is 34.7. The summed E-state index contributed by atoms with van der Waals surface area (Å²) in [5.41, 5.74) is 1.23. The molecular formula is C44H63NO10S. The molecular weight excluding hydrogens is 735 g/mol. The molecule has 4 heterocycles. The summed E-state index contributed by atoms with van der Waals surface area (Å²) in [5.74, 6) is -6.40. The van der Waals surface area contributed by atoms with Crippen molar-refractivity contribution in [2.45, 2.75) is 149 Å². The maximum Gasteiger partial charge on any atom is 0.329 e. The topological polar surface area (TPSA) is 171 Å². The van der Waals surface area contributed by atoms with Gasteiger partial charge in [-0.25, -0.2) is 4.79 Å². The van der Waals surface area contributed by atoms with Gasteiger partial charge in [-0.1, -0.05) is 64.2 Å². The standard InChI is InChI=1S/C44H63NO10S/c1-27-12-8-7-9-13-28(2)37(47)24-33-17-16-32(6)44(53,55-33)41(50)42(51)45-21-11-10-14-36(45)43(52)54-40(31(5)23-34-18-19-35(26-46)56-34)20-15-29(3)38(48)25-39(49)30(4)22-27/h7-9,12-13,15,18-19,27,30-33,36-38,40,46-48,53H,10-11,14,16-17,20-26H2,1-6H3/b9-7+,12-8+,28-13+,29-15+/t27-,30-,31-,32-,33+,36+,37+,38+,40?,44?/m1/s1. The van der Waals surface area contributed by atoms with Crippen molar-refractivity contribution < 1.29 is 49.1 Å². The van der Waals surface area contributed by atoms with E-state index in [1.807, 2.05) is 51.1 Å². The first-order valence-electron chi connectivity index (χ1n) is 20.3. The molecule has 4 rings (SSSR count). The number of hydrogen-bond donors (Lipinski definition) is 4. The summed E-state index contributed by atoms with van der Waals surface area (Å²) in [6, 6.07) is 2.72. The predicted molar refractivity (Wildman–Crippen MR) is 215 cm³/mol. The van der Waals surface area contributed by atoms with Crippen molar-refractivity contribution in [3.05, 3.63) is 69.5 Å². The Morgan fingerprint density at radius 3 is 2.38 bits per heavy atom. The van der Waals surface area contributed by atoms with E-state index in [9.17, 15) is 39.6 Å². The molecule has 2 bridgehead atoms. The molecule has 0 spiro atoms. The molecule has 3 aliphatic heterocycles. The molecule has 2 saturated heterocycles. The molecule has 11 nitrogen and oxygen atoms in total. The number of carbonyl (C=O) groups excluding carboxylic acids is 4. The molecule has 12 heteroatoms. The molecule has 2 fully saturated rings. The average molecular weight is 798 g/mol. The van der Waals surface area contributed by atoms with Crippen LogP contribution >= 0.6 is 11.3 Å². The highest BCUT2D eigenvalue weighted by Crippen LogP contribution is 2.36. The Bertz CT molecular complexity index is 1640. The Hall–Kier alpha value is -3.26. The third-order valence-electron chi connectivity index (χ3n) is 11.7. The van der Waals surface area contributed by atoms with E-state index in [1.165, 1.54) is 16.2 Å². The molecule has 0 radical (unpaired) electrons. The second-order valence-electron chi connectivity index (χ2n) is 16.4. The molecule has 0 saturated carbocycles. The van der Waals surface area contributed by atoms with E-state index >= 15 is 0 Å². The van der Waals surface area contributed by atoms with Gasteiger partial charge < -0.3 is 34.8 Å². The third kappa shape index (κ3) is 12.1. The molecule has 4 N–H and O–H groups in total. The third-order valence-corrected chi connectivity index (χ3v) is 12.8. The van der Waals surface area contributed by atoms with Crippen LogP contribution in [0.5, 0.6) is 0 Å². The van der Waals surface area contributed by atoms with Crippen LogP contribution in [0.3, 0.4) is 0 Å². The lowest BCUT2D eigenvalue weighted by Crippen LogP contribution is -2.60. The highest BCUT2D eigenvalue weighted by atomic mass is 32.1. The van der Waals surface area contributed by atoms with Gasteiger partial charge in [0.05, 0.1) is 24.9 Å². The van der Waals surface area contributed by atoms with Gasteiger partial charge in [-0.15, -0.1) is 11.3 Å². The predicted octanol–water partition coefficient (Wildman–Crippen LogP) is 5.93. The maximum absolute atomic E-state index is 14.1. The minimum Gasteiger partial charge on any atom is -0.460 e. The van der Waals surface area contributed by atoms with Crippen LogP contribution in [0.4, 0.5) is 0 Å². The van der Waals surface area contributed by atoms with E-state index in [0.717, 1.165) is 9.75 Å². The first-order valence-corrected chi connectivity index (χ1v) is 21.1. The lowest BCUT2D eigenvalue weighted by molar-refractivity contribution is -0.265. The Morgan fingerprint density at radius 2 is 1.66 bits per heavy atom. The number of thiophene rings is 1. The lowest BCUT2D eigenvalue weighted by Gasteiger charge is -2.42. The largest absolute Gasteiger partial charge is 0.460 e. The molecule has 310 valence electrons. The molecule has 1 aromatic rings. The van der Waals surface area contributed by atoms with Gasteiger partial charge in [-0.3, -0.25) is 14.4 Å². The van der Waals surface area contributed by atoms with Crippen LogP contribution in [0.15, 0.2) is 59.7 Å². The van der Waals surface area contributed by atoms with E-state index in [4.69, 9.17) is 9.47 Å². The molecule has 3 aliphatic rings. The first-order chi connectivity index (χ1) is 26.5. The van der Waals surface area contributed by atoms with Crippen LogP contribution in [0.2, 0.25) is 0 Å². The normalized spacial score (nSPS) is 36.2. The van der Waals surface area contributed by atoms with Crippen LogP contribution < -0.4 is 0 Å². The van der Waals surface area contributed by atoms with Gasteiger partial charge in [0.2, 0.25) is 5.79 Å². The Labute approximate surface area is 336 Å². The smallest absolute Gasteiger partial charge is 0.329 e. The SMILES string of the molecule is C/C1=C\CC([C@H](C)Cc2ccc(CO)s2)OC(=O)[C@@H]2CCCCN2C(=O)C(=O)C2(O)O[C@@H](CC[C@H]2C)C[C@H](O)/C(C)=C/C=C/C=C/[C@@H](C)C[C@@H](C)C(=O)C[C@@H]1O. The Kier molecular flexibility index (Phi) is 17.0. The van der Waals surface area contributed by atoms with Crippen molar-refractivity contribution in [2.24, 2.45) is 23.7 Å². The van der Waals surface area contributed by atoms with Gasteiger partial charge in [0, 0.05) is 47.4 Å². The number of nitrogens with zero attached hydrogens (tertiary/aromatic N) is 1. The number of aliphatic hydroxyl groups excluding tert-OH is 3. The number of esters is 1. The highest BCUT2D eigenvalue weighted by molar-refractivity contribution is 7.11. The number of hydrogen-bond acceptors (Lipinski definition) is 11. The van der Waals surface area contributed by atoms with Crippen LogP contribution in [0, 0.1) is 23.7 Å². The van der Waals surface area contributed by atoms with Crippen LogP contribution in [0.25, 0.3) is 0 Å². The van der Waals surface area contributed by atoms with E-state index in [1.54, 1.807) is 39.0 Å². The number of ether oxygens (including phenoxy) is 2. The Morgan fingerprint density at radius 1 is 0.929 bits per heavy atom. The molecule has 0 aliphatic carbocycles. The highest BCUT2D eigenvalue weighted by Gasteiger charge is 2.53. The molecule has 1 aromatic heterocycles. The van der Waals surface area contributed by atoms with E-state index in [2.05, 4.69) is 0 Å². The number of allylic oxidation sites excluding steroid dienone is 5. The number of amides is 1. The van der Waals surface area contributed by atoms with Crippen LogP contribution in [-0.4, -0.2) is 91.6 Å². The lowest BCUT2D eigenvalue weighted by atomic mass is 9.85. The second kappa shape index (κ2) is 20.9. The summed E-state index contributed by atoms with van der Waals surface area (Å²) in [6.07, 6.45) is 11.6. The van der Waals surface area contributed by atoms with Gasteiger partial charge >= 0.3 is 5.97 Å². The number of ketones is 2. The maximum atomic E-state index is 14.1. The summed E-state index contributed by atoms with van der Waals surface area (Å²) in [6.45, 7) is 11.1. The minimum atomic E-state index is -2.43. The number of fused-ring (bicyclic) bond motifs is 3. The summed E-state index contributed by atoms with van der Waals surface area (Å²) in [4.78, 5) is 58.2. The zero-order valence-electron chi connectivity index (χ0n) is 33.9. The first kappa shape index (κ1) is 45.4. The molecule has 0 aromatic carbocycles. The minimum absolute atomic E-state index is 0.0475. The van der Waals surface area contributed by atoms with Gasteiger partial charge in [0.25, 0.3) is 11.7 Å². The van der Waals surface area contributed by atoms with Crippen molar-refractivity contribution in [2.75, 3.05) is 6.54 Å². The van der Waals surface area contributed by atoms with Gasteiger partial charge in [0.1, 0.15) is 17.9 Å². The summed E-state index contributed by atoms with van der Waals surface area (Å²) in [5, 5.41) is 43.4. The molecule has 2 unspecified atom stereocenters. The number of aliphatic hydroxyl groups is 4. The molecule has 1 amide bonds. The summed E-state index contributed by atoms with van der Waals surface area (Å²) in [7, 11) is 0. The number of piperidine rings is 1. The van der Waals surface area contributed by atoms with Gasteiger partial charge in [-0.2, -0.15) is 0 Å². The van der Waals surface area contributed by atoms with Crippen molar-refractivity contribution in [1.82, 2.24) is 4.90 Å². The van der Waals surface area contributed by atoms with E-state index in [-0.39, 0.29) is 62.4 Å². The fraction of sp³-hybridized carbons (Fsp3) is 0.636. The molecule has 56 heavy (non-hydrogen) atoms. The van der Waals surface area contributed by atoms with Crippen LogP contribution in [-0.2, 0) is 41.7 Å². The van der Waals surface area contributed by atoms with E-state index in [0.29, 0.717) is 49.7 Å². The van der Waals surface area contributed by atoms with Crippen molar-refractivity contribution >= 4 is 34.8 Å². The van der Waals surface area contributed by atoms with Crippen molar-refractivity contribution in [3.63, 3.8) is 0 Å². The number of carbonyl (C=O) groups is 4. The number of Topliss-reactive ketones (excluding diaryl/α,β-unsaturated/α-hetero) is 2. The van der Waals surface area contributed by atoms with Crippen molar-refractivity contribution in [1.29, 1.82) is 0 Å². The van der Waals surface area contributed by atoms with Gasteiger partial charge in [0.15, 0.2) is 0 Å². The monoisotopic (exact) mass is 797 g/mol. The number of rotatable bonds is 4. The number of cyclic esters (lactones) is 1. The quantitative estimate of drug-likeness (QED) is 0.163. The molecule has 10 atom stereocenters. The average Bonchev–Trinajstić information content (AvgIpc) is 3.63.